The molecule has 0 saturated carbocycles. The zero-order chi connectivity index (χ0) is 22.2. The number of anilines is 1. The van der Waals surface area contributed by atoms with Crippen LogP contribution in [0.1, 0.15) is 33.2 Å². The zero-order valence-electron chi connectivity index (χ0n) is 17.5. The van der Waals surface area contributed by atoms with E-state index in [9.17, 15) is 9.59 Å². The fourth-order valence-electron chi connectivity index (χ4n) is 2.66. The Kier molecular flexibility index (Phi) is 7.63. The number of amides is 2. The molecule has 3 aromatic rings. The zero-order valence-corrected chi connectivity index (χ0v) is 18.3. The summed E-state index contributed by atoms with van der Waals surface area (Å²) >= 11 is 1.38. The first-order chi connectivity index (χ1) is 15.0. The number of carbonyl (C=O) groups is 2. The molecule has 9 nitrogen and oxygen atoms in total. The summed E-state index contributed by atoms with van der Waals surface area (Å²) < 4.78 is 9.96. The SMILES string of the molecule is COC/C=C/c1sc(NC(=O)CCNC(=O)c2cccc(-c3noc(C)n3)c2)nc1C. The number of aryl methyl sites for hydroxylation is 2. The van der Waals surface area contributed by atoms with Crippen molar-refractivity contribution in [2.75, 3.05) is 25.6 Å². The van der Waals surface area contributed by atoms with Crippen LogP contribution in [-0.2, 0) is 9.53 Å². The third-order valence-corrected chi connectivity index (χ3v) is 5.20. The van der Waals surface area contributed by atoms with Crippen LogP contribution in [-0.4, -0.2) is 47.2 Å². The molecule has 0 spiro atoms. The van der Waals surface area contributed by atoms with Gasteiger partial charge >= 0.3 is 0 Å². The molecular weight excluding hydrogens is 418 g/mol. The van der Waals surface area contributed by atoms with Crippen LogP contribution in [0.5, 0.6) is 0 Å². The van der Waals surface area contributed by atoms with Crippen LogP contribution in [0.2, 0.25) is 0 Å². The molecule has 0 unspecified atom stereocenters. The molecule has 0 aliphatic carbocycles. The minimum absolute atomic E-state index is 0.128. The number of rotatable bonds is 9. The molecule has 31 heavy (non-hydrogen) atoms. The van der Waals surface area contributed by atoms with E-state index in [1.807, 2.05) is 19.1 Å². The summed E-state index contributed by atoms with van der Waals surface area (Å²) in [5.74, 6) is 0.356. The second kappa shape index (κ2) is 10.6. The molecule has 0 bridgehead atoms. The van der Waals surface area contributed by atoms with Gasteiger partial charge in [-0.05, 0) is 25.1 Å². The number of hydrogen-bond acceptors (Lipinski definition) is 8. The molecule has 2 aromatic heterocycles. The van der Waals surface area contributed by atoms with Gasteiger partial charge in [0, 0.05) is 38.1 Å². The summed E-state index contributed by atoms with van der Waals surface area (Å²) in [7, 11) is 1.62. The van der Waals surface area contributed by atoms with Gasteiger partial charge in [0.25, 0.3) is 5.91 Å². The molecule has 0 aliphatic heterocycles. The highest BCUT2D eigenvalue weighted by Crippen LogP contribution is 2.24. The lowest BCUT2D eigenvalue weighted by Gasteiger charge is -2.06. The molecule has 2 N–H and O–H groups in total. The predicted octanol–water partition coefficient (Wildman–Crippen LogP) is 3.23. The van der Waals surface area contributed by atoms with Gasteiger partial charge in [0.2, 0.25) is 17.6 Å². The van der Waals surface area contributed by atoms with Crippen LogP contribution < -0.4 is 10.6 Å². The van der Waals surface area contributed by atoms with E-state index < -0.39 is 0 Å². The maximum absolute atomic E-state index is 12.4. The van der Waals surface area contributed by atoms with Crippen LogP contribution in [0, 0.1) is 13.8 Å². The van der Waals surface area contributed by atoms with Crippen molar-refractivity contribution in [3.63, 3.8) is 0 Å². The van der Waals surface area contributed by atoms with Gasteiger partial charge in [0.1, 0.15) is 0 Å². The summed E-state index contributed by atoms with van der Waals surface area (Å²) in [6.45, 7) is 4.28. The highest BCUT2D eigenvalue weighted by Gasteiger charge is 2.12. The second-order valence-electron chi connectivity index (χ2n) is 6.60. The number of carbonyl (C=O) groups excluding carboxylic acids is 2. The average Bonchev–Trinajstić information content (AvgIpc) is 3.33. The van der Waals surface area contributed by atoms with Gasteiger partial charge in [-0.3, -0.25) is 9.59 Å². The fraction of sp³-hybridized carbons (Fsp3) is 0.286. The number of hydrogen-bond donors (Lipinski definition) is 2. The normalized spacial score (nSPS) is 11.1. The van der Waals surface area contributed by atoms with E-state index in [0.29, 0.717) is 34.6 Å². The maximum atomic E-state index is 12.4. The summed E-state index contributed by atoms with van der Waals surface area (Å²) in [4.78, 5) is 34.1. The molecule has 0 saturated heterocycles. The summed E-state index contributed by atoms with van der Waals surface area (Å²) in [6, 6.07) is 6.90. The Balaban J connectivity index is 1.49. The molecular formula is C21H23N5O4S. The van der Waals surface area contributed by atoms with Crippen molar-refractivity contribution in [2.45, 2.75) is 20.3 Å². The maximum Gasteiger partial charge on any atom is 0.251 e. The number of benzene rings is 1. The van der Waals surface area contributed by atoms with Gasteiger partial charge in [-0.25, -0.2) is 4.98 Å². The molecule has 2 amide bonds. The Morgan fingerprint density at radius 3 is 2.84 bits per heavy atom. The van der Waals surface area contributed by atoms with E-state index >= 15 is 0 Å². The van der Waals surface area contributed by atoms with E-state index in [1.54, 1.807) is 38.3 Å². The number of ether oxygens (including phenoxy) is 1. The van der Waals surface area contributed by atoms with Gasteiger partial charge in [-0.15, -0.1) is 0 Å². The highest BCUT2D eigenvalue weighted by atomic mass is 32.1. The number of methoxy groups -OCH3 is 1. The summed E-state index contributed by atoms with van der Waals surface area (Å²) in [5, 5.41) is 9.89. The lowest BCUT2D eigenvalue weighted by molar-refractivity contribution is -0.116. The van der Waals surface area contributed by atoms with E-state index in [2.05, 4.69) is 25.8 Å². The summed E-state index contributed by atoms with van der Waals surface area (Å²) in [5.41, 5.74) is 1.96. The van der Waals surface area contributed by atoms with Crippen LogP contribution in [0.3, 0.4) is 0 Å². The van der Waals surface area contributed by atoms with Gasteiger partial charge < -0.3 is 19.9 Å². The van der Waals surface area contributed by atoms with Crippen molar-refractivity contribution in [3.05, 3.63) is 52.4 Å². The highest BCUT2D eigenvalue weighted by molar-refractivity contribution is 7.16. The smallest absolute Gasteiger partial charge is 0.251 e. The van der Waals surface area contributed by atoms with Crippen LogP contribution >= 0.6 is 11.3 Å². The molecule has 162 valence electrons. The number of thiazole rings is 1. The first-order valence-corrected chi connectivity index (χ1v) is 10.4. The fourth-order valence-corrected chi connectivity index (χ4v) is 3.57. The van der Waals surface area contributed by atoms with Gasteiger partial charge in [0.15, 0.2) is 5.13 Å². The Morgan fingerprint density at radius 1 is 1.26 bits per heavy atom. The third-order valence-electron chi connectivity index (χ3n) is 4.16. The van der Waals surface area contributed by atoms with Crippen LogP contribution in [0.4, 0.5) is 5.13 Å². The minimum atomic E-state index is -0.287. The molecule has 0 fully saturated rings. The monoisotopic (exact) mass is 441 g/mol. The van der Waals surface area contributed by atoms with Crippen molar-refractivity contribution in [2.24, 2.45) is 0 Å². The third kappa shape index (κ3) is 6.30. The topological polar surface area (TPSA) is 119 Å². The average molecular weight is 442 g/mol. The number of nitrogens with one attached hydrogen (secondary N) is 2. The van der Waals surface area contributed by atoms with Crippen LogP contribution in [0.25, 0.3) is 17.5 Å². The van der Waals surface area contributed by atoms with Crippen LogP contribution in [0.15, 0.2) is 34.9 Å². The Hall–Kier alpha value is -3.37. The Labute approximate surface area is 183 Å². The Morgan fingerprint density at radius 2 is 2.10 bits per heavy atom. The molecule has 2 heterocycles. The minimum Gasteiger partial charge on any atom is -0.381 e. The second-order valence-corrected chi connectivity index (χ2v) is 7.63. The van der Waals surface area contributed by atoms with Crippen molar-refractivity contribution in [1.82, 2.24) is 20.4 Å². The van der Waals surface area contributed by atoms with Gasteiger partial charge in [-0.1, -0.05) is 34.7 Å². The lowest BCUT2D eigenvalue weighted by Crippen LogP contribution is -2.27. The molecule has 3 rings (SSSR count). The predicted molar refractivity (Wildman–Crippen MR) is 118 cm³/mol. The largest absolute Gasteiger partial charge is 0.381 e. The van der Waals surface area contributed by atoms with E-state index in [0.717, 1.165) is 10.6 Å². The molecule has 0 radical (unpaired) electrons. The lowest BCUT2D eigenvalue weighted by atomic mass is 10.1. The van der Waals surface area contributed by atoms with E-state index in [4.69, 9.17) is 9.26 Å². The molecule has 0 atom stereocenters. The van der Waals surface area contributed by atoms with E-state index in [1.165, 1.54) is 11.3 Å². The standard InChI is InChI=1S/C21H23N5O4S/c1-13-17(8-5-11-29-3)31-21(23-13)25-18(27)9-10-22-20(28)16-7-4-6-15(12-16)19-24-14(2)30-26-19/h4-8,12H,9-11H2,1-3H3,(H,22,28)(H,23,25,27)/b8-5+. The first-order valence-electron chi connectivity index (χ1n) is 9.58. The first kappa shape index (κ1) is 22.3. The Bertz CT molecular complexity index is 1090. The van der Waals surface area contributed by atoms with Crippen molar-refractivity contribution >= 4 is 34.4 Å². The molecule has 0 aliphatic rings. The molecule has 1 aromatic carbocycles. The quantitative estimate of drug-likeness (QED) is 0.523. The van der Waals surface area contributed by atoms with Gasteiger partial charge in [-0.2, -0.15) is 4.98 Å². The number of aromatic nitrogens is 3. The van der Waals surface area contributed by atoms with Gasteiger partial charge in [0.05, 0.1) is 17.2 Å². The van der Waals surface area contributed by atoms with Crippen molar-refractivity contribution in [3.8, 4) is 11.4 Å². The van der Waals surface area contributed by atoms with Crippen molar-refractivity contribution < 1.29 is 18.8 Å². The molecule has 10 heteroatoms. The van der Waals surface area contributed by atoms with E-state index in [-0.39, 0.29) is 24.8 Å². The number of nitrogens with zero attached hydrogens (tertiary/aromatic N) is 3. The van der Waals surface area contributed by atoms with Crippen molar-refractivity contribution in [1.29, 1.82) is 0 Å². The summed E-state index contributed by atoms with van der Waals surface area (Å²) in [6.07, 6.45) is 3.93.